The van der Waals surface area contributed by atoms with Gasteiger partial charge in [-0.1, -0.05) is 26.0 Å². The molecule has 0 aliphatic rings. The number of hydrogen-bond donors (Lipinski definition) is 2. The number of benzene rings is 1. The van der Waals surface area contributed by atoms with Crippen molar-refractivity contribution in [2.45, 2.75) is 20.8 Å². The number of nitrogens with one attached hydrogen (secondary N) is 2. The average Bonchev–Trinajstić information content (AvgIpc) is 2.83. The molecule has 4 nitrogen and oxygen atoms in total. The third-order valence-electron chi connectivity index (χ3n) is 2.66. The molecule has 0 fully saturated rings. The van der Waals surface area contributed by atoms with Gasteiger partial charge in [0.1, 0.15) is 5.01 Å². The number of hydrogen-bond acceptors (Lipinski definition) is 3. The predicted molar refractivity (Wildman–Crippen MR) is 84.1 cm³/mol. The van der Waals surface area contributed by atoms with E-state index < -0.39 is 0 Å². The van der Waals surface area contributed by atoms with Gasteiger partial charge in [0.05, 0.1) is 0 Å². The van der Waals surface area contributed by atoms with E-state index in [1.807, 2.05) is 36.6 Å². The summed E-state index contributed by atoms with van der Waals surface area (Å²) in [5.74, 6) is 0.436. The molecule has 0 saturated heterocycles. The van der Waals surface area contributed by atoms with Gasteiger partial charge in [-0.3, -0.25) is 0 Å². The van der Waals surface area contributed by atoms with Crippen LogP contribution >= 0.6 is 11.3 Å². The molecule has 20 heavy (non-hydrogen) atoms. The number of thiazole rings is 1. The fraction of sp³-hybridized carbons (Fsp3) is 0.333. The van der Waals surface area contributed by atoms with Crippen molar-refractivity contribution in [3.05, 3.63) is 35.3 Å². The summed E-state index contributed by atoms with van der Waals surface area (Å²) in [4.78, 5) is 16.2. The van der Waals surface area contributed by atoms with Crippen molar-refractivity contribution in [1.29, 1.82) is 0 Å². The van der Waals surface area contributed by atoms with Crippen LogP contribution in [0.5, 0.6) is 0 Å². The quantitative estimate of drug-likeness (QED) is 0.897. The third-order valence-corrected chi connectivity index (χ3v) is 3.67. The molecule has 1 aromatic heterocycles. The van der Waals surface area contributed by atoms with Crippen molar-refractivity contribution < 1.29 is 4.79 Å². The van der Waals surface area contributed by atoms with Gasteiger partial charge >= 0.3 is 6.03 Å². The van der Waals surface area contributed by atoms with E-state index >= 15 is 0 Å². The fourth-order valence-electron chi connectivity index (χ4n) is 1.69. The van der Waals surface area contributed by atoms with Gasteiger partial charge in [0.25, 0.3) is 0 Å². The van der Waals surface area contributed by atoms with E-state index in [4.69, 9.17) is 0 Å². The van der Waals surface area contributed by atoms with E-state index in [1.54, 1.807) is 11.3 Å². The van der Waals surface area contributed by atoms with Crippen LogP contribution in [0.15, 0.2) is 29.6 Å². The van der Waals surface area contributed by atoms with Crippen LogP contribution in [0.3, 0.4) is 0 Å². The minimum Gasteiger partial charge on any atom is -0.338 e. The number of aromatic nitrogens is 1. The van der Waals surface area contributed by atoms with Crippen molar-refractivity contribution in [3.8, 4) is 10.6 Å². The minimum absolute atomic E-state index is 0.175. The second-order valence-corrected chi connectivity index (χ2v) is 5.96. The number of anilines is 1. The van der Waals surface area contributed by atoms with Crippen LogP contribution < -0.4 is 10.6 Å². The standard InChI is InChI=1S/C15H19N3OS/c1-10(2)8-16-15(19)18-13-6-4-5-12(7-13)14-17-11(3)9-20-14/h4-7,9-10H,8H2,1-3H3,(H2,16,18,19). The number of amides is 2. The molecule has 0 saturated carbocycles. The Kier molecular flexibility index (Phi) is 4.74. The van der Waals surface area contributed by atoms with E-state index in [-0.39, 0.29) is 6.03 Å². The summed E-state index contributed by atoms with van der Waals surface area (Å²) in [6.45, 7) is 6.76. The highest BCUT2D eigenvalue weighted by molar-refractivity contribution is 7.13. The summed E-state index contributed by atoms with van der Waals surface area (Å²) in [7, 11) is 0. The highest BCUT2D eigenvalue weighted by Gasteiger charge is 2.06. The molecule has 2 rings (SSSR count). The van der Waals surface area contributed by atoms with Gasteiger partial charge in [-0.25, -0.2) is 9.78 Å². The van der Waals surface area contributed by atoms with Crippen molar-refractivity contribution in [3.63, 3.8) is 0 Å². The van der Waals surface area contributed by atoms with E-state index in [2.05, 4.69) is 29.5 Å². The van der Waals surface area contributed by atoms with Crippen molar-refractivity contribution in [1.82, 2.24) is 10.3 Å². The van der Waals surface area contributed by atoms with Crippen LogP contribution in [0.2, 0.25) is 0 Å². The minimum atomic E-state index is -0.175. The first-order chi connectivity index (χ1) is 9.54. The van der Waals surface area contributed by atoms with Crippen LogP contribution in [-0.2, 0) is 0 Å². The van der Waals surface area contributed by atoms with E-state index in [1.165, 1.54) is 0 Å². The zero-order valence-corrected chi connectivity index (χ0v) is 12.8. The number of aryl methyl sites for hydroxylation is 1. The van der Waals surface area contributed by atoms with Crippen LogP contribution in [0.25, 0.3) is 10.6 Å². The molecule has 2 amide bonds. The van der Waals surface area contributed by atoms with Crippen molar-refractivity contribution in [2.75, 3.05) is 11.9 Å². The van der Waals surface area contributed by atoms with E-state index in [0.717, 1.165) is 22.0 Å². The van der Waals surface area contributed by atoms with Crippen LogP contribution in [-0.4, -0.2) is 17.6 Å². The van der Waals surface area contributed by atoms with Gasteiger partial charge in [0.2, 0.25) is 0 Å². The molecular formula is C15H19N3OS. The number of carbonyl (C=O) groups is 1. The molecular weight excluding hydrogens is 270 g/mol. The second-order valence-electron chi connectivity index (χ2n) is 5.10. The normalized spacial score (nSPS) is 10.6. The van der Waals surface area contributed by atoms with Crippen LogP contribution in [0, 0.1) is 12.8 Å². The van der Waals surface area contributed by atoms with E-state index in [9.17, 15) is 4.79 Å². The summed E-state index contributed by atoms with van der Waals surface area (Å²) >= 11 is 1.60. The molecule has 2 N–H and O–H groups in total. The largest absolute Gasteiger partial charge is 0.338 e. The van der Waals surface area contributed by atoms with Crippen LogP contribution in [0.4, 0.5) is 10.5 Å². The lowest BCUT2D eigenvalue weighted by Gasteiger charge is -2.10. The molecule has 1 heterocycles. The Morgan fingerprint density at radius 3 is 2.85 bits per heavy atom. The number of carbonyl (C=O) groups excluding carboxylic acids is 1. The maximum atomic E-state index is 11.7. The molecule has 0 aliphatic heterocycles. The summed E-state index contributed by atoms with van der Waals surface area (Å²) in [6, 6.07) is 7.55. The molecule has 0 bridgehead atoms. The maximum Gasteiger partial charge on any atom is 0.319 e. The average molecular weight is 289 g/mol. The Bertz CT molecular complexity index is 592. The van der Waals surface area contributed by atoms with Crippen molar-refractivity contribution in [2.24, 2.45) is 5.92 Å². The van der Waals surface area contributed by atoms with Gasteiger partial charge in [0, 0.05) is 28.9 Å². The monoisotopic (exact) mass is 289 g/mol. The second kappa shape index (κ2) is 6.52. The topological polar surface area (TPSA) is 54.0 Å². The summed E-state index contributed by atoms with van der Waals surface area (Å²) in [5.41, 5.74) is 2.81. The highest BCUT2D eigenvalue weighted by atomic mass is 32.1. The highest BCUT2D eigenvalue weighted by Crippen LogP contribution is 2.25. The molecule has 0 unspecified atom stereocenters. The van der Waals surface area contributed by atoms with Gasteiger partial charge < -0.3 is 10.6 Å². The molecule has 0 spiro atoms. The number of urea groups is 1. The van der Waals surface area contributed by atoms with Crippen LogP contribution in [0.1, 0.15) is 19.5 Å². The molecule has 0 aliphatic carbocycles. The maximum absolute atomic E-state index is 11.7. The summed E-state index contributed by atoms with van der Waals surface area (Å²) in [6.07, 6.45) is 0. The summed E-state index contributed by atoms with van der Waals surface area (Å²) < 4.78 is 0. The first-order valence-electron chi connectivity index (χ1n) is 6.62. The fourth-order valence-corrected chi connectivity index (χ4v) is 2.48. The third kappa shape index (κ3) is 4.06. The summed E-state index contributed by atoms with van der Waals surface area (Å²) in [5, 5.41) is 8.66. The predicted octanol–water partition coefficient (Wildman–Crippen LogP) is 3.90. The zero-order chi connectivity index (χ0) is 14.5. The Hall–Kier alpha value is -1.88. The van der Waals surface area contributed by atoms with Crippen molar-refractivity contribution >= 4 is 23.1 Å². The molecule has 0 atom stereocenters. The lowest BCUT2D eigenvalue weighted by Crippen LogP contribution is -2.31. The Labute approximate surface area is 123 Å². The Balaban J connectivity index is 2.05. The Morgan fingerprint density at radius 2 is 2.20 bits per heavy atom. The lowest BCUT2D eigenvalue weighted by atomic mass is 10.2. The number of rotatable bonds is 4. The molecule has 5 heteroatoms. The van der Waals surface area contributed by atoms with Gasteiger partial charge in [-0.15, -0.1) is 11.3 Å². The van der Waals surface area contributed by atoms with E-state index in [0.29, 0.717) is 12.5 Å². The SMILES string of the molecule is Cc1csc(-c2cccc(NC(=O)NCC(C)C)c2)n1. The molecule has 0 radical (unpaired) electrons. The van der Waals surface area contributed by atoms with Gasteiger partial charge in [-0.2, -0.15) is 0 Å². The molecule has 2 aromatic rings. The van der Waals surface area contributed by atoms with Gasteiger partial charge in [0.15, 0.2) is 0 Å². The molecule has 1 aromatic carbocycles. The first kappa shape index (κ1) is 14.5. The smallest absolute Gasteiger partial charge is 0.319 e. The lowest BCUT2D eigenvalue weighted by molar-refractivity contribution is 0.251. The van der Waals surface area contributed by atoms with Gasteiger partial charge in [-0.05, 0) is 25.0 Å². The molecule has 106 valence electrons. The Morgan fingerprint density at radius 1 is 1.40 bits per heavy atom. The first-order valence-corrected chi connectivity index (χ1v) is 7.50. The number of nitrogens with zero attached hydrogens (tertiary/aromatic N) is 1. The zero-order valence-electron chi connectivity index (χ0n) is 11.9.